The van der Waals surface area contributed by atoms with Crippen LogP contribution in [0.2, 0.25) is 5.02 Å². The first kappa shape index (κ1) is 21.7. The quantitative estimate of drug-likeness (QED) is 0.571. The SMILES string of the molecule is Fc1ccccc1CN1CCN(C(=S)Nc2ccn(Cc3c(F)cccc3Cl)n2)CC1. The second-order valence-corrected chi connectivity index (χ2v) is 8.18. The first-order chi connectivity index (χ1) is 15.0. The molecule has 1 fully saturated rings. The van der Waals surface area contributed by atoms with Gasteiger partial charge < -0.3 is 10.2 Å². The maximum Gasteiger partial charge on any atom is 0.174 e. The lowest BCUT2D eigenvalue weighted by atomic mass is 10.2. The Morgan fingerprint density at radius 3 is 2.45 bits per heavy atom. The van der Waals surface area contributed by atoms with Crippen LogP contribution in [-0.4, -0.2) is 50.9 Å². The van der Waals surface area contributed by atoms with Crippen LogP contribution in [-0.2, 0) is 13.1 Å². The molecule has 31 heavy (non-hydrogen) atoms. The van der Waals surface area contributed by atoms with Crippen LogP contribution in [0.1, 0.15) is 11.1 Å². The average molecular weight is 462 g/mol. The zero-order chi connectivity index (χ0) is 21.8. The molecular weight excluding hydrogens is 440 g/mol. The first-order valence-corrected chi connectivity index (χ1v) is 10.8. The minimum Gasteiger partial charge on any atom is -0.346 e. The minimum atomic E-state index is -0.360. The number of piperazine rings is 1. The van der Waals surface area contributed by atoms with Crippen LogP contribution in [0.4, 0.5) is 14.6 Å². The molecule has 0 saturated carbocycles. The Labute approximate surface area is 190 Å². The van der Waals surface area contributed by atoms with Crippen molar-refractivity contribution in [3.8, 4) is 0 Å². The highest BCUT2D eigenvalue weighted by Crippen LogP contribution is 2.20. The summed E-state index contributed by atoms with van der Waals surface area (Å²) in [6.07, 6.45) is 1.75. The largest absolute Gasteiger partial charge is 0.346 e. The molecule has 1 aliphatic rings. The van der Waals surface area contributed by atoms with E-state index in [0.29, 0.717) is 33.6 Å². The molecule has 2 heterocycles. The Kier molecular flexibility index (Phi) is 6.80. The normalized spacial score (nSPS) is 14.6. The average Bonchev–Trinajstić information content (AvgIpc) is 3.20. The topological polar surface area (TPSA) is 36.3 Å². The molecule has 1 N–H and O–H groups in total. The van der Waals surface area contributed by atoms with Crippen LogP contribution in [0.3, 0.4) is 0 Å². The molecule has 4 rings (SSSR count). The Morgan fingerprint density at radius 2 is 1.71 bits per heavy atom. The monoisotopic (exact) mass is 461 g/mol. The Hall–Kier alpha value is -2.55. The van der Waals surface area contributed by atoms with E-state index >= 15 is 0 Å². The molecule has 0 unspecified atom stereocenters. The molecule has 0 amide bonds. The summed E-state index contributed by atoms with van der Waals surface area (Å²) in [5, 5.41) is 8.51. The van der Waals surface area contributed by atoms with Crippen molar-refractivity contribution in [1.29, 1.82) is 0 Å². The smallest absolute Gasteiger partial charge is 0.174 e. The van der Waals surface area contributed by atoms with Crippen molar-refractivity contribution in [3.63, 3.8) is 0 Å². The van der Waals surface area contributed by atoms with Gasteiger partial charge in [0.2, 0.25) is 0 Å². The van der Waals surface area contributed by atoms with Gasteiger partial charge in [0.25, 0.3) is 0 Å². The molecule has 1 aromatic heterocycles. The number of aromatic nitrogens is 2. The highest BCUT2D eigenvalue weighted by atomic mass is 35.5. The fourth-order valence-electron chi connectivity index (χ4n) is 3.53. The standard InChI is InChI=1S/C22H22ClF2N5S/c23-18-5-3-7-20(25)17(18)15-30-9-8-21(27-30)26-22(31)29-12-10-28(11-13-29)14-16-4-1-2-6-19(16)24/h1-9H,10-15H2,(H,26,27,31). The fraction of sp³-hybridized carbons (Fsp3) is 0.273. The van der Waals surface area contributed by atoms with Gasteiger partial charge in [0.15, 0.2) is 10.9 Å². The summed E-state index contributed by atoms with van der Waals surface area (Å²) in [6.45, 7) is 3.88. The van der Waals surface area contributed by atoms with E-state index in [9.17, 15) is 8.78 Å². The second kappa shape index (κ2) is 9.72. The zero-order valence-corrected chi connectivity index (χ0v) is 18.3. The van der Waals surface area contributed by atoms with Crippen LogP contribution in [0.5, 0.6) is 0 Å². The van der Waals surface area contributed by atoms with Gasteiger partial charge in [-0.05, 0) is 30.4 Å². The maximum atomic E-state index is 14.0. The van der Waals surface area contributed by atoms with Gasteiger partial charge >= 0.3 is 0 Å². The number of anilines is 1. The van der Waals surface area contributed by atoms with Crippen LogP contribution >= 0.6 is 23.8 Å². The highest BCUT2D eigenvalue weighted by Gasteiger charge is 2.20. The van der Waals surface area contributed by atoms with Crippen molar-refractivity contribution >= 4 is 34.7 Å². The Bertz CT molecular complexity index is 1050. The molecule has 0 radical (unpaired) electrons. The first-order valence-electron chi connectivity index (χ1n) is 9.97. The van der Waals surface area contributed by atoms with Gasteiger partial charge in [-0.1, -0.05) is 35.9 Å². The zero-order valence-electron chi connectivity index (χ0n) is 16.8. The second-order valence-electron chi connectivity index (χ2n) is 7.38. The lowest BCUT2D eigenvalue weighted by molar-refractivity contribution is 0.175. The van der Waals surface area contributed by atoms with Crippen molar-refractivity contribution in [3.05, 3.63) is 82.5 Å². The molecule has 2 aromatic carbocycles. The molecule has 0 spiro atoms. The van der Waals surface area contributed by atoms with E-state index < -0.39 is 0 Å². The van der Waals surface area contributed by atoms with E-state index in [2.05, 4.69) is 20.2 Å². The number of nitrogens with zero attached hydrogens (tertiary/aromatic N) is 4. The summed E-state index contributed by atoms with van der Waals surface area (Å²) < 4.78 is 29.5. The number of hydrogen-bond donors (Lipinski definition) is 1. The molecular formula is C22H22ClF2N5S. The summed E-state index contributed by atoms with van der Waals surface area (Å²) in [4.78, 5) is 4.28. The lowest BCUT2D eigenvalue weighted by Crippen LogP contribution is -2.49. The van der Waals surface area contributed by atoms with E-state index in [-0.39, 0.29) is 18.2 Å². The molecule has 3 aromatic rings. The molecule has 162 valence electrons. The van der Waals surface area contributed by atoms with Crippen molar-refractivity contribution in [2.24, 2.45) is 0 Å². The van der Waals surface area contributed by atoms with Crippen molar-refractivity contribution in [2.45, 2.75) is 13.1 Å². The van der Waals surface area contributed by atoms with Crippen LogP contribution in [0.15, 0.2) is 54.7 Å². The summed E-state index contributed by atoms with van der Waals surface area (Å²) >= 11 is 11.6. The summed E-state index contributed by atoms with van der Waals surface area (Å²) in [5.74, 6) is 0.0573. The third-order valence-corrected chi connectivity index (χ3v) is 5.98. The van der Waals surface area contributed by atoms with Gasteiger partial charge in [-0.15, -0.1) is 0 Å². The fourth-order valence-corrected chi connectivity index (χ4v) is 4.04. The molecule has 5 nitrogen and oxygen atoms in total. The maximum absolute atomic E-state index is 14.0. The van der Waals surface area contributed by atoms with Gasteiger partial charge in [0.05, 0.1) is 6.54 Å². The van der Waals surface area contributed by atoms with E-state index in [1.165, 1.54) is 12.1 Å². The lowest BCUT2D eigenvalue weighted by Gasteiger charge is -2.36. The molecule has 1 saturated heterocycles. The van der Waals surface area contributed by atoms with Crippen molar-refractivity contribution in [2.75, 3.05) is 31.5 Å². The molecule has 0 atom stereocenters. The molecule has 0 bridgehead atoms. The molecule has 0 aliphatic carbocycles. The number of thiocarbonyl (C=S) groups is 1. The Balaban J connectivity index is 1.29. The van der Waals surface area contributed by atoms with Gasteiger partial charge in [-0.25, -0.2) is 8.78 Å². The summed E-state index contributed by atoms with van der Waals surface area (Å²) in [7, 11) is 0. The van der Waals surface area contributed by atoms with Crippen molar-refractivity contribution < 1.29 is 8.78 Å². The molecule has 9 heteroatoms. The third-order valence-electron chi connectivity index (χ3n) is 5.27. The number of halogens is 3. The number of rotatable bonds is 5. The van der Waals surface area contributed by atoms with Gasteiger partial charge in [0.1, 0.15) is 11.6 Å². The van der Waals surface area contributed by atoms with Gasteiger partial charge in [-0.2, -0.15) is 5.10 Å². The minimum absolute atomic E-state index is 0.172. The Morgan fingerprint density at radius 1 is 0.968 bits per heavy atom. The van der Waals surface area contributed by atoms with E-state index in [0.717, 1.165) is 26.2 Å². The van der Waals surface area contributed by atoms with Crippen LogP contribution < -0.4 is 5.32 Å². The summed E-state index contributed by atoms with van der Waals surface area (Å²) in [6, 6.07) is 13.3. The van der Waals surface area contributed by atoms with Gasteiger partial charge in [0, 0.05) is 61.1 Å². The summed E-state index contributed by atoms with van der Waals surface area (Å²) in [5.41, 5.74) is 1.10. The van der Waals surface area contributed by atoms with E-state index in [4.69, 9.17) is 23.8 Å². The predicted octanol–water partition coefficient (Wildman–Crippen LogP) is 4.38. The predicted molar refractivity (Wildman–Crippen MR) is 122 cm³/mol. The highest BCUT2D eigenvalue weighted by molar-refractivity contribution is 7.80. The molecule has 1 aliphatic heterocycles. The van der Waals surface area contributed by atoms with Gasteiger partial charge in [-0.3, -0.25) is 9.58 Å². The van der Waals surface area contributed by atoms with E-state index in [1.54, 1.807) is 35.1 Å². The van der Waals surface area contributed by atoms with E-state index in [1.807, 2.05) is 12.1 Å². The number of benzene rings is 2. The number of nitrogens with one attached hydrogen (secondary N) is 1. The van der Waals surface area contributed by atoms with Crippen LogP contribution in [0.25, 0.3) is 0 Å². The van der Waals surface area contributed by atoms with Crippen molar-refractivity contribution in [1.82, 2.24) is 19.6 Å². The van der Waals surface area contributed by atoms with Crippen LogP contribution in [0, 0.1) is 11.6 Å². The number of hydrogen-bond acceptors (Lipinski definition) is 3. The third kappa shape index (κ3) is 5.39.